The van der Waals surface area contributed by atoms with Crippen molar-refractivity contribution in [2.75, 3.05) is 18.2 Å². The Bertz CT molecular complexity index is 801. The van der Waals surface area contributed by atoms with Crippen LogP contribution < -0.4 is 15.8 Å². The number of nitrogens with zero attached hydrogens (tertiary/aromatic N) is 2. The standard InChI is InChI=1S/C16H16N4O/c1-10-7-8-11(21-2)9-14(10)20-16-15(17)18-12-5-3-4-6-13(12)19-16/h3-9H,1-2H3,(H2,17,18)(H,19,20). The third-order valence-corrected chi connectivity index (χ3v) is 3.30. The quantitative estimate of drug-likeness (QED) is 0.770. The van der Waals surface area contributed by atoms with E-state index < -0.39 is 0 Å². The van der Waals surface area contributed by atoms with Gasteiger partial charge in [0.15, 0.2) is 11.6 Å². The number of ether oxygens (including phenoxy) is 1. The molecule has 3 N–H and O–H groups in total. The van der Waals surface area contributed by atoms with Crippen LogP contribution in [0.5, 0.6) is 5.75 Å². The summed E-state index contributed by atoms with van der Waals surface area (Å²) in [7, 11) is 1.64. The molecule has 1 heterocycles. The van der Waals surface area contributed by atoms with Crippen molar-refractivity contribution >= 4 is 28.4 Å². The maximum atomic E-state index is 5.99. The van der Waals surface area contributed by atoms with E-state index in [2.05, 4.69) is 15.3 Å². The van der Waals surface area contributed by atoms with Crippen molar-refractivity contribution in [2.45, 2.75) is 6.92 Å². The fourth-order valence-corrected chi connectivity index (χ4v) is 2.10. The average molecular weight is 280 g/mol. The number of para-hydroxylation sites is 2. The molecule has 3 rings (SSSR count). The number of methoxy groups -OCH3 is 1. The van der Waals surface area contributed by atoms with Crippen LogP contribution in [-0.2, 0) is 0 Å². The van der Waals surface area contributed by atoms with Crippen molar-refractivity contribution < 1.29 is 4.74 Å². The van der Waals surface area contributed by atoms with Gasteiger partial charge < -0.3 is 15.8 Å². The lowest BCUT2D eigenvalue weighted by Gasteiger charge is -2.12. The Morgan fingerprint density at radius 3 is 2.48 bits per heavy atom. The van der Waals surface area contributed by atoms with Crippen molar-refractivity contribution in [3.8, 4) is 5.75 Å². The van der Waals surface area contributed by atoms with Crippen LogP contribution in [-0.4, -0.2) is 17.1 Å². The third kappa shape index (κ3) is 2.58. The molecule has 0 amide bonds. The van der Waals surface area contributed by atoms with Crippen molar-refractivity contribution in [2.24, 2.45) is 0 Å². The van der Waals surface area contributed by atoms with E-state index in [9.17, 15) is 0 Å². The Hall–Kier alpha value is -2.82. The van der Waals surface area contributed by atoms with Gasteiger partial charge in [0.25, 0.3) is 0 Å². The minimum atomic E-state index is 0.371. The summed E-state index contributed by atoms with van der Waals surface area (Å²) in [6, 6.07) is 13.4. The lowest BCUT2D eigenvalue weighted by molar-refractivity contribution is 0.415. The predicted octanol–water partition coefficient (Wildman–Crippen LogP) is 3.27. The summed E-state index contributed by atoms with van der Waals surface area (Å²) >= 11 is 0. The van der Waals surface area contributed by atoms with E-state index in [1.54, 1.807) is 7.11 Å². The number of anilines is 3. The summed E-state index contributed by atoms with van der Waals surface area (Å²) in [5, 5.41) is 3.23. The second-order valence-corrected chi connectivity index (χ2v) is 4.75. The fourth-order valence-electron chi connectivity index (χ4n) is 2.10. The molecular formula is C16H16N4O. The number of fused-ring (bicyclic) bond motifs is 1. The smallest absolute Gasteiger partial charge is 0.174 e. The molecule has 5 nitrogen and oxygen atoms in total. The Morgan fingerprint density at radius 2 is 1.76 bits per heavy atom. The first-order valence-corrected chi connectivity index (χ1v) is 6.61. The van der Waals surface area contributed by atoms with Crippen LogP contribution in [0.3, 0.4) is 0 Å². The van der Waals surface area contributed by atoms with Gasteiger partial charge >= 0.3 is 0 Å². The number of hydrogen-bond donors (Lipinski definition) is 2. The summed E-state index contributed by atoms with van der Waals surface area (Å²) in [5.41, 5.74) is 9.54. The molecule has 5 heteroatoms. The molecular weight excluding hydrogens is 264 g/mol. The number of aromatic nitrogens is 2. The van der Waals surface area contributed by atoms with Gasteiger partial charge in [-0.2, -0.15) is 0 Å². The summed E-state index contributed by atoms with van der Waals surface area (Å²) in [4.78, 5) is 8.89. The Kier molecular flexibility index (Phi) is 3.31. The predicted molar refractivity (Wildman–Crippen MR) is 85.0 cm³/mol. The van der Waals surface area contributed by atoms with Crippen molar-refractivity contribution in [3.63, 3.8) is 0 Å². The normalized spacial score (nSPS) is 10.6. The molecule has 0 saturated heterocycles. The van der Waals surface area contributed by atoms with Gasteiger partial charge in [-0.05, 0) is 30.7 Å². The highest BCUT2D eigenvalue weighted by Crippen LogP contribution is 2.27. The van der Waals surface area contributed by atoms with Gasteiger partial charge in [0.05, 0.1) is 18.1 Å². The number of rotatable bonds is 3. The van der Waals surface area contributed by atoms with Crippen LogP contribution >= 0.6 is 0 Å². The van der Waals surface area contributed by atoms with Gasteiger partial charge in [-0.25, -0.2) is 9.97 Å². The number of nitrogen functional groups attached to an aromatic ring is 1. The molecule has 0 aliphatic rings. The Balaban J connectivity index is 2.03. The van der Waals surface area contributed by atoms with Gasteiger partial charge in [0, 0.05) is 11.8 Å². The van der Waals surface area contributed by atoms with Gasteiger partial charge in [-0.15, -0.1) is 0 Å². The molecule has 0 unspecified atom stereocenters. The Labute approximate surface area is 122 Å². The SMILES string of the molecule is COc1ccc(C)c(Nc2nc3ccccc3nc2N)c1. The van der Waals surface area contributed by atoms with E-state index >= 15 is 0 Å². The molecule has 0 aliphatic heterocycles. The largest absolute Gasteiger partial charge is 0.497 e. The van der Waals surface area contributed by atoms with Crippen molar-refractivity contribution in [3.05, 3.63) is 48.0 Å². The van der Waals surface area contributed by atoms with Crippen LogP contribution in [0.4, 0.5) is 17.3 Å². The van der Waals surface area contributed by atoms with Crippen molar-refractivity contribution in [1.82, 2.24) is 9.97 Å². The molecule has 106 valence electrons. The maximum Gasteiger partial charge on any atom is 0.174 e. The van der Waals surface area contributed by atoms with E-state index in [4.69, 9.17) is 10.5 Å². The van der Waals surface area contributed by atoms with E-state index in [1.807, 2.05) is 49.4 Å². The van der Waals surface area contributed by atoms with Gasteiger partial charge in [-0.1, -0.05) is 18.2 Å². The van der Waals surface area contributed by atoms with Gasteiger partial charge in [0.2, 0.25) is 0 Å². The molecule has 3 aromatic rings. The van der Waals surface area contributed by atoms with E-state index in [0.717, 1.165) is 28.0 Å². The first-order valence-electron chi connectivity index (χ1n) is 6.61. The van der Waals surface area contributed by atoms with Crippen LogP contribution in [0, 0.1) is 6.92 Å². The van der Waals surface area contributed by atoms with Gasteiger partial charge in [0.1, 0.15) is 5.75 Å². The molecule has 1 aromatic heterocycles. The van der Waals surface area contributed by atoms with Gasteiger partial charge in [-0.3, -0.25) is 0 Å². The highest BCUT2D eigenvalue weighted by Gasteiger charge is 2.08. The number of benzene rings is 2. The van der Waals surface area contributed by atoms with E-state index in [1.165, 1.54) is 0 Å². The minimum absolute atomic E-state index is 0.371. The maximum absolute atomic E-state index is 5.99. The highest BCUT2D eigenvalue weighted by atomic mass is 16.5. The van der Waals surface area contributed by atoms with Crippen LogP contribution in [0.25, 0.3) is 11.0 Å². The first kappa shape index (κ1) is 13.2. The highest BCUT2D eigenvalue weighted by molar-refractivity contribution is 5.81. The second-order valence-electron chi connectivity index (χ2n) is 4.75. The molecule has 0 bridgehead atoms. The summed E-state index contributed by atoms with van der Waals surface area (Å²) in [6.45, 7) is 2.01. The fraction of sp³-hybridized carbons (Fsp3) is 0.125. The zero-order valence-electron chi connectivity index (χ0n) is 11.9. The lowest BCUT2D eigenvalue weighted by Crippen LogP contribution is -2.03. The number of aryl methyl sites for hydroxylation is 1. The third-order valence-electron chi connectivity index (χ3n) is 3.30. The zero-order chi connectivity index (χ0) is 14.8. The molecule has 0 aliphatic carbocycles. The molecule has 0 radical (unpaired) electrons. The topological polar surface area (TPSA) is 73.1 Å². The summed E-state index contributed by atoms with van der Waals surface area (Å²) < 4.78 is 5.24. The number of hydrogen-bond acceptors (Lipinski definition) is 5. The molecule has 21 heavy (non-hydrogen) atoms. The monoisotopic (exact) mass is 280 g/mol. The van der Waals surface area contributed by atoms with E-state index in [0.29, 0.717) is 11.6 Å². The molecule has 0 spiro atoms. The summed E-state index contributed by atoms with van der Waals surface area (Å²) in [5.74, 6) is 1.69. The number of nitrogens with two attached hydrogens (primary N) is 1. The van der Waals surface area contributed by atoms with Crippen LogP contribution in [0.15, 0.2) is 42.5 Å². The zero-order valence-corrected chi connectivity index (χ0v) is 11.9. The average Bonchev–Trinajstić information content (AvgIpc) is 2.50. The Morgan fingerprint density at radius 1 is 1.05 bits per heavy atom. The number of nitrogens with one attached hydrogen (secondary N) is 1. The second kappa shape index (κ2) is 5.28. The molecule has 0 fully saturated rings. The lowest BCUT2D eigenvalue weighted by atomic mass is 10.2. The minimum Gasteiger partial charge on any atom is -0.497 e. The molecule has 0 saturated carbocycles. The summed E-state index contributed by atoms with van der Waals surface area (Å²) in [6.07, 6.45) is 0. The van der Waals surface area contributed by atoms with Crippen molar-refractivity contribution in [1.29, 1.82) is 0 Å². The van der Waals surface area contributed by atoms with E-state index in [-0.39, 0.29) is 0 Å². The first-order chi connectivity index (χ1) is 10.2. The van der Waals surface area contributed by atoms with Crippen LogP contribution in [0.2, 0.25) is 0 Å². The molecule has 0 atom stereocenters. The van der Waals surface area contributed by atoms with Crippen LogP contribution in [0.1, 0.15) is 5.56 Å². The molecule has 2 aromatic carbocycles.